The van der Waals surface area contributed by atoms with E-state index in [0.717, 1.165) is 16.9 Å². The van der Waals surface area contributed by atoms with Gasteiger partial charge < -0.3 is 5.32 Å². The van der Waals surface area contributed by atoms with Crippen LogP contribution in [0.15, 0.2) is 36.7 Å². The molecule has 1 N–H and O–H groups in total. The quantitative estimate of drug-likeness (QED) is 0.876. The molecular weight excluding hydrogens is 234 g/mol. The lowest BCUT2D eigenvalue weighted by Crippen LogP contribution is -1.92. The van der Waals surface area contributed by atoms with E-state index in [-0.39, 0.29) is 0 Å². The second-order valence-electron chi connectivity index (χ2n) is 3.68. The topological polar surface area (TPSA) is 48.7 Å². The maximum absolute atomic E-state index is 8.77. The molecule has 3 nitrogen and oxygen atoms in total. The largest absolute Gasteiger partial charge is 0.354 e. The number of hydrogen-bond donors (Lipinski definition) is 1. The summed E-state index contributed by atoms with van der Waals surface area (Å²) in [6.07, 6.45) is 3.52. The molecule has 0 aliphatic carbocycles. The molecule has 2 rings (SSSR count). The van der Waals surface area contributed by atoms with E-state index in [0.29, 0.717) is 10.6 Å². The smallest absolute Gasteiger partial charge is 0.101 e. The first-order valence-electron chi connectivity index (χ1n) is 5.07. The Balaban J connectivity index is 2.25. The Bertz CT molecular complexity index is 587. The van der Waals surface area contributed by atoms with Gasteiger partial charge in [0.25, 0.3) is 0 Å². The third-order valence-corrected chi connectivity index (χ3v) is 2.57. The first-order chi connectivity index (χ1) is 8.19. The molecule has 1 aromatic carbocycles. The number of halogens is 1. The van der Waals surface area contributed by atoms with Crippen LogP contribution >= 0.6 is 11.6 Å². The van der Waals surface area contributed by atoms with E-state index < -0.39 is 0 Å². The van der Waals surface area contributed by atoms with Crippen molar-refractivity contribution >= 4 is 23.0 Å². The van der Waals surface area contributed by atoms with Crippen LogP contribution in [-0.2, 0) is 0 Å². The normalized spacial score (nSPS) is 9.71. The highest BCUT2D eigenvalue weighted by Crippen LogP contribution is 2.23. The van der Waals surface area contributed by atoms with Gasteiger partial charge >= 0.3 is 0 Å². The standard InChI is InChI=1S/C13H10ClN3/c1-9-4-12(8-16-7-9)17-11-3-2-10(6-15)13(14)5-11/h2-5,7-8,17H,1H3. The summed E-state index contributed by atoms with van der Waals surface area (Å²) >= 11 is 5.95. The molecule has 1 heterocycles. The van der Waals surface area contributed by atoms with Gasteiger partial charge in [0.2, 0.25) is 0 Å². The minimum atomic E-state index is 0.443. The number of benzene rings is 1. The minimum Gasteiger partial charge on any atom is -0.354 e. The number of nitrogens with one attached hydrogen (secondary N) is 1. The molecule has 0 spiro atoms. The molecule has 0 radical (unpaired) electrons. The van der Waals surface area contributed by atoms with E-state index >= 15 is 0 Å². The number of rotatable bonds is 2. The third kappa shape index (κ3) is 2.74. The van der Waals surface area contributed by atoms with Gasteiger partial charge in [0, 0.05) is 11.9 Å². The molecule has 0 aliphatic heterocycles. The SMILES string of the molecule is Cc1cncc(Nc2ccc(C#N)c(Cl)c2)c1. The van der Waals surface area contributed by atoms with Gasteiger partial charge in [-0.05, 0) is 36.8 Å². The van der Waals surface area contributed by atoms with Crippen molar-refractivity contribution in [1.29, 1.82) is 5.26 Å². The van der Waals surface area contributed by atoms with E-state index in [2.05, 4.69) is 10.3 Å². The summed E-state index contributed by atoms with van der Waals surface area (Å²) in [5.74, 6) is 0. The Morgan fingerprint density at radius 1 is 1.24 bits per heavy atom. The summed E-state index contributed by atoms with van der Waals surface area (Å²) in [4.78, 5) is 4.09. The number of aromatic nitrogens is 1. The first kappa shape index (κ1) is 11.4. The van der Waals surface area contributed by atoms with E-state index in [4.69, 9.17) is 16.9 Å². The van der Waals surface area contributed by atoms with Gasteiger partial charge in [-0.1, -0.05) is 11.6 Å². The molecule has 0 amide bonds. The van der Waals surface area contributed by atoms with E-state index in [9.17, 15) is 0 Å². The fraction of sp³-hybridized carbons (Fsp3) is 0.0769. The predicted molar refractivity (Wildman–Crippen MR) is 68.4 cm³/mol. The van der Waals surface area contributed by atoms with Crippen LogP contribution in [0.5, 0.6) is 0 Å². The van der Waals surface area contributed by atoms with Crippen LogP contribution < -0.4 is 5.32 Å². The minimum absolute atomic E-state index is 0.443. The zero-order chi connectivity index (χ0) is 12.3. The molecule has 84 valence electrons. The Labute approximate surface area is 105 Å². The van der Waals surface area contributed by atoms with Crippen molar-refractivity contribution in [3.8, 4) is 6.07 Å². The Hall–Kier alpha value is -2.05. The maximum Gasteiger partial charge on any atom is 0.101 e. The van der Waals surface area contributed by atoms with Gasteiger partial charge in [0.15, 0.2) is 0 Å². The van der Waals surface area contributed by atoms with Crippen molar-refractivity contribution in [3.63, 3.8) is 0 Å². The molecule has 0 atom stereocenters. The third-order valence-electron chi connectivity index (χ3n) is 2.25. The van der Waals surface area contributed by atoms with Crippen molar-refractivity contribution in [2.75, 3.05) is 5.32 Å². The maximum atomic E-state index is 8.77. The highest BCUT2D eigenvalue weighted by molar-refractivity contribution is 6.32. The van der Waals surface area contributed by atoms with Gasteiger partial charge in [-0.2, -0.15) is 5.26 Å². The monoisotopic (exact) mass is 243 g/mol. The molecule has 0 saturated carbocycles. The zero-order valence-corrected chi connectivity index (χ0v) is 9.99. The van der Waals surface area contributed by atoms with Crippen LogP contribution in [0.1, 0.15) is 11.1 Å². The van der Waals surface area contributed by atoms with Crippen LogP contribution in [0, 0.1) is 18.3 Å². The van der Waals surface area contributed by atoms with Gasteiger partial charge in [0.05, 0.1) is 22.5 Å². The molecule has 0 fully saturated rings. The summed E-state index contributed by atoms with van der Waals surface area (Å²) in [5.41, 5.74) is 3.28. The number of hydrogen-bond acceptors (Lipinski definition) is 3. The highest BCUT2D eigenvalue weighted by Gasteiger charge is 2.01. The van der Waals surface area contributed by atoms with Crippen LogP contribution in [0.2, 0.25) is 5.02 Å². The second-order valence-corrected chi connectivity index (χ2v) is 4.09. The first-order valence-corrected chi connectivity index (χ1v) is 5.45. The van der Waals surface area contributed by atoms with E-state index in [1.54, 1.807) is 24.5 Å². The molecule has 0 bridgehead atoms. The van der Waals surface area contributed by atoms with Crippen molar-refractivity contribution in [2.45, 2.75) is 6.92 Å². The zero-order valence-electron chi connectivity index (χ0n) is 9.24. The molecule has 2 aromatic rings. The van der Waals surface area contributed by atoms with E-state index in [1.165, 1.54) is 0 Å². The average Bonchev–Trinajstić information content (AvgIpc) is 2.29. The summed E-state index contributed by atoms with van der Waals surface area (Å²) < 4.78 is 0. The highest BCUT2D eigenvalue weighted by atomic mass is 35.5. The van der Waals surface area contributed by atoms with Crippen molar-refractivity contribution in [2.24, 2.45) is 0 Å². The lowest BCUT2D eigenvalue weighted by molar-refractivity contribution is 1.26. The van der Waals surface area contributed by atoms with Gasteiger partial charge in [0.1, 0.15) is 6.07 Å². The fourth-order valence-electron chi connectivity index (χ4n) is 1.47. The summed E-state index contributed by atoms with van der Waals surface area (Å²) in [5, 5.41) is 12.4. The van der Waals surface area contributed by atoms with Crippen LogP contribution in [-0.4, -0.2) is 4.98 Å². The summed E-state index contributed by atoms with van der Waals surface area (Å²) in [6.45, 7) is 1.98. The Morgan fingerprint density at radius 3 is 2.71 bits per heavy atom. The summed E-state index contributed by atoms with van der Waals surface area (Å²) in [7, 11) is 0. The second kappa shape index (κ2) is 4.86. The number of pyridine rings is 1. The molecular formula is C13H10ClN3. The van der Waals surface area contributed by atoms with Gasteiger partial charge in [-0.3, -0.25) is 4.98 Å². The molecule has 0 saturated heterocycles. The van der Waals surface area contributed by atoms with Gasteiger partial charge in [-0.25, -0.2) is 0 Å². The predicted octanol–water partition coefficient (Wildman–Crippen LogP) is 3.66. The number of nitrogens with zero attached hydrogens (tertiary/aromatic N) is 2. The fourth-order valence-corrected chi connectivity index (χ4v) is 1.70. The van der Waals surface area contributed by atoms with Crippen LogP contribution in [0.3, 0.4) is 0 Å². The van der Waals surface area contributed by atoms with Crippen LogP contribution in [0.25, 0.3) is 0 Å². The number of aryl methyl sites for hydroxylation is 1. The Morgan fingerprint density at radius 2 is 2.06 bits per heavy atom. The number of anilines is 2. The number of nitriles is 1. The molecule has 4 heteroatoms. The Kier molecular flexibility index (Phi) is 3.27. The van der Waals surface area contributed by atoms with Gasteiger partial charge in [-0.15, -0.1) is 0 Å². The summed E-state index contributed by atoms with van der Waals surface area (Å²) in [6, 6.07) is 9.23. The van der Waals surface area contributed by atoms with E-state index in [1.807, 2.05) is 25.1 Å². The lowest BCUT2D eigenvalue weighted by Gasteiger charge is -2.07. The van der Waals surface area contributed by atoms with Crippen molar-refractivity contribution < 1.29 is 0 Å². The molecule has 1 aromatic heterocycles. The van der Waals surface area contributed by atoms with Crippen molar-refractivity contribution in [1.82, 2.24) is 4.98 Å². The lowest BCUT2D eigenvalue weighted by atomic mass is 10.2. The van der Waals surface area contributed by atoms with Crippen molar-refractivity contribution in [3.05, 3.63) is 52.8 Å². The molecule has 0 aliphatic rings. The molecule has 17 heavy (non-hydrogen) atoms. The average molecular weight is 244 g/mol. The molecule has 0 unspecified atom stereocenters. The van der Waals surface area contributed by atoms with Crippen LogP contribution in [0.4, 0.5) is 11.4 Å².